The molecule has 0 saturated heterocycles. The van der Waals surface area contributed by atoms with Gasteiger partial charge in [-0.25, -0.2) is 0 Å². The molecule has 2 N–H and O–H groups in total. The van der Waals surface area contributed by atoms with E-state index in [0.717, 1.165) is 45.8 Å². The van der Waals surface area contributed by atoms with E-state index >= 15 is 0 Å². The van der Waals surface area contributed by atoms with Crippen molar-refractivity contribution in [2.45, 2.75) is 38.5 Å². The minimum Gasteiger partial charge on any atom is -0.515 e. The maximum absolute atomic E-state index is 11.4. The van der Waals surface area contributed by atoms with Gasteiger partial charge in [0.1, 0.15) is 0 Å². The number of nitrogens with zero attached hydrogens (tertiary/aromatic N) is 2. The fourth-order valence-electron chi connectivity index (χ4n) is 4.53. The van der Waals surface area contributed by atoms with Crippen molar-refractivity contribution in [1.82, 2.24) is 0 Å². The van der Waals surface area contributed by atoms with Crippen LogP contribution in [0.1, 0.15) is 38.8 Å². The lowest BCUT2D eigenvalue weighted by Gasteiger charge is -2.23. The van der Waals surface area contributed by atoms with Gasteiger partial charge >= 0.3 is 0 Å². The minimum absolute atomic E-state index is 0.149. The van der Waals surface area contributed by atoms with Crippen LogP contribution in [0.15, 0.2) is 57.9 Å². The highest BCUT2D eigenvalue weighted by Crippen LogP contribution is 2.51. The third-order valence-electron chi connectivity index (χ3n) is 6.20. The molecule has 0 unspecified atom stereocenters. The van der Waals surface area contributed by atoms with Gasteiger partial charge in [0.2, 0.25) is 0 Å². The lowest BCUT2D eigenvalue weighted by molar-refractivity contribution is -0.105. The molecule has 2 heterocycles. The van der Waals surface area contributed by atoms with Gasteiger partial charge in [0.05, 0.1) is 46.5 Å². The summed E-state index contributed by atoms with van der Waals surface area (Å²) < 4.78 is 0. The molecule has 0 spiro atoms. The van der Waals surface area contributed by atoms with Gasteiger partial charge in [0.15, 0.2) is 12.6 Å². The molecule has 0 amide bonds. The van der Waals surface area contributed by atoms with E-state index in [9.17, 15) is 19.8 Å². The van der Waals surface area contributed by atoms with Crippen LogP contribution in [0.25, 0.3) is 10.8 Å². The maximum Gasteiger partial charge on any atom is 0.155 e. The summed E-state index contributed by atoms with van der Waals surface area (Å²) in [4.78, 5) is 32.3. The standard InChI is InChI=1S/C24H22N2O4/c1-23(2)17-7-5-16-15(19(17)25-21(23)13(9-27)10-28)6-8-18-20(16)26-22(24(18,3)4)14(11-29)12-30/h5-12,27,29H,1-4H3/b13-9+,14-11+. The molecule has 152 valence electrons. The first-order valence-corrected chi connectivity index (χ1v) is 9.61. The number of carbonyl (C=O) groups is 2. The monoisotopic (exact) mass is 402 g/mol. The molecule has 6 heteroatoms. The molecule has 0 fully saturated rings. The molecule has 0 radical (unpaired) electrons. The normalized spacial score (nSPS) is 19.2. The quantitative estimate of drug-likeness (QED) is 0.434. The number of allylic oxidation sites excluding steroid dienone is 2. The largest absolute Gasteiger partial charge is 0.515 e. The summed E-state index contributed by atoms with van der Waals surface area (Å²) in [5, 5.41) is 20.7. The van der Waals surface area contributed by atoms with Crippen LogP contribution in [0.5, 0.6) is 0 Å². The Bertz CT molecular complexity index is 1150. The highest BCUT2D eigenvalue weighted by Gasteiger charge is 2.40. The molecule has 4 rings (SSSR count). The first-order chi connectivity index (χ1) is 14.2. The first kappa shape index (κ1) is 19.8. The second-order valence-electron chi connectivity index (χ2n) is 8.59. The van der Waals surface area contributed by atoms with Gasteiger partial charge < -0.3 is 10.2 Å². The highest BCUT2D eigenvalue weighted by atomic mass is 16.2. The van der Waals surface area contributed by atoms with Crippen LogP contribution >= 0.6 is 0 Å². The Labute approximate surface area is 174 Å². The number of benzene rings is 2. The molecule has 2 aliphatic rings. The van der Waals surface area contributed by atoms with Gasteiger partial charge in [0.25, 0.3) is 0 Å². The van der Waals surface area contributed by atoms with E-state index in [-0.39, 0.29) is 11.1 Å². The van der Waals surface area contributed by atoms with Crippen LogP contribution in [0.2, 0.25) is 0 Å². The van der Waals surface area contributed by atoms with Crippen molar-refractivity contribution in [1.29, 1.82) is 0 Å². The summed E-state index contributed by atoms with van der Waals surface area (Å²) in [7, 11) is 0. The van der Waals surface area contributed by atoms with Gasteiger partial charge in [-0.05, 0) is 11.1 Å². The van der Waals surface area contributed by atoms with Gasteiger partial charge in [-0.3, -0.25) is 19.6 Å². The Morgan fingerprint density at radius 1 is 0.733 bits per heavy atom. The average Bonchev–Trinajstić information content (AvgIpc) is 3.15. The molecule has 0 atom stereocenters. The molecule has 0 aliphatic carbocycles. The first-order valence-electron chi connectivity index (χ1n) is 9.61. The van der Waals surface area contributed by atoms with Crippen molar-refractivity contribution < 1.29 is 19.8 Å². The van der Waals surface area contributed by atoms with Crippen molar-refractivity contribution in [3.05, 3.63) is 59.1 Å². The zero-order valence-corrected chi connectivity index (χ0v) is 17.2. The molecular formula is C24H22N2O4. The SMILES string of the molecule is CC1(C)C(/C(C=O)=C/O)=Nc2c1ccc1c3c(ccc21)C(C)(C)C(/C(C=O)=C/O)=N3. The van der Waals surface area contributed by atoms with Crippen LogP contribution in [-0.2, 0) is 20.4 Å². The van der Waals surface area contributed by atoms with Crippen LogP contribution in [-0.4, -0.2) is 34.2 Å². The summed E-state index contributed by atoms with van der Waals surface area (Å²) in [5.74, 6) is 0. The molecule has 6 nitrogen and oxygen atoms in total. The summed E-state index contributed by atoms with van der Waals surface area (Å²) in [6.45, 7) is 7.86. The number of hydrogen-bond donors (Lipinski definition) is 2. The van der Waals surface area contributed by atoms with E-state index in [1.165, 1.54) is 0 Å². The maximum atomic E-state index is 11.4. The number of fused-ring (bicyclic) bond motifs is 5. The van der Waals surface area contributed by atoms with Crippen LogP contribution < -0.4 is 0 Å². The Kier molecular flexibility index (Phi) is 4.27. The Hall–Kier alpha value is -3.54. The fraction of sp³-hybridized carbons (Fsp3) is 0.250. The molecule has 2 aliphatic heterocycles. The lowest BCUT2D eigenvalue weighted by Crippen LogP contribution is -2.27. The van der Waals surface area contributed by atoms with Gasteiger partial charge in [-0.15, -0.1) is 0 Å². The molecule has 2 aromatic rings. The van der Waals surface area contributed by atoms with Crippen LogP contribution in [0, 0.1) is 0 Å². The number of aliphatic hydroxyl groups excluding tert-OH is 2. The number of aldehydes is 2. The molecule has 0 saturated carbocycles. The lowest BCUT2D eigenvalue weighted by atomic mass is 9.77. The summed E-state index contributed by atoms with van der Waals surface area (Å²) in [5.41, 5.74) is 3.63. The molecule has 0 aromatic heterocycles. The van der Waals surface area contributed by atoms with Gasteiger partial charge in [-0.2, -0.15) is 0 Å². The third-order valence-corrected chi connectivity index (χ3v) is 6.20. The van der Waals surface area contributed by atoms with E-state index in [2.05, 4.69) is 0 Å². The minimum atomic E-state index is -0.546. The smallest absolute Gasteiger partial charge is 0.155 e. The topological polar surface area (TPSA) is 99.3 Å². The van der Waals surface area contributed by atoms with Crippen LogP contribution in [0.3, 0.4) is 0 Å². The number of rotatable bonds is 4. The second-order valence-corrected chi connectivity index (χ2v) is 8.59. The van der Waals surface area contributed by atoms with Crippen molar-refractivity contribution in [2.24, 2.45) is 9.98 Å². The molecule has 0 bridgehead atoms. The summed E-state index contributed by atoms with van der Waals surface area (Å²) in [6.07, 6.45) is 2.79. The van der Waals surface area contributed by atoms with Crippen molar-refractivity contribution >= 4 is 46.1 Å². The summed E-state index contributed by atoms with van der Waals surface area (Å²) >= 11 is 0. The van der Waals surface area contributed by atoms with Gasteiger partial charge in [0, 0.05) is 21.6 Å². The average molecular weight is 402 g/mol. The van der Waals surface area contributed by atoms with Crippen molar-refractivity contribution in [3.8, 4) is 0 Å². The molecule has 30 heavy (non-hydrogen) atoms. The molecule has 2 aromatic carbocycles. The third kappa shape index (κ3) is 2.43. The summed E-state index contributed by atoms with van der Waals surface area (Å²) in [6, 6.07) is 7.89. The Morgan fingerprint density at radius 3 is 1.40 bits per heavy atom. The zero-order chi connectivity index (χ0) is 21.8. The van der Waals surface area contributed by atoms with E-state index in [1.807, 2.05) is 52.0 Å². The van der Waals surface area contributed by atoms with Crippen molar-refractivity contribution in [2.75, 3.05) is 0 Å². The zero-order valence-electron chi connectivity index (χ0n) is 17.2. The second kappa shape index (κ2) is 6.49. The predicted molar refractivity (Wildman–Crippen MR) is 118 cm³/mol. The predicted octanol–water partition coefficient (Wildman–Crippen LogP) is 4.85. The van der Waals surface area contributed by atoms with E-state index < -0.39 is 10.8 Å². The Morgan fingerprint density at radius 2 is 1.10 bits per heavy atom. The van der Waals surface area contributed by atoms with Crippen LogP contribution in [0.4, 0.5) is 11.4 Å². The highest BCUT2D eigenvalue weighted by molar-refractivity contribution is 6.26. The molecular weight excluding hydrogens is 380 g/mol. The van der Waals surface area contributed by atoms with Crippen molar-refractivity contribution in [3.63, 3.8) is 0 Å². The number of aliphatic hydroxyl groups is 2. The Balaban J connectivity index is 2.02. The van der Waals surface area contributed by atoms with E-state index in [1.54, 1.807) is 0 Å². The van der Waals surface area contributed by atoms with Gasteiger partial charge in [-0.1, -0.05) is 52.0 Å². The number of carbonyl (C=O) groups excluding carboxylic acids is 2. The fourth-order valence-corrected chi connectivity index (χ4v) is 4.53. The van der Waals surface area contributed by atoms with E-state index in [4.69, 9.17) is 9.98 Å². The number of hydrogen-bond acceptors (Lipinski definition) is 6. The van der Waals surface area contributed by atoms with E-state index in [0.29, 0.717) is 24.0 Å². The number of aliphatic imine (C=N–C) groups is 2.